The molecule has 0 saturated carbocycles. The lowest BCUT2D eigenvalue weighted by Gasteiger charge is -2.28. The molecule has 1 amide bonds. The van der Waals surface area contributed by atoms with E-state index in [9.17, 15) is 25.2 Å². The minimum absolute atomic E-state index is 0.126. The first-order chi connectivity index (χ1) is 22.4. The van der Waals surface area contributed by atoms with E-state index in [1.165, 1.54) is 141 Å². The van der Waals surface area contributed by atoms with Crippen LogP contribution in [0.4, 0.5) is 0 Å². The minimum atomic E-state index is -1.33. The van der Waals surface area contributed by atoms with Gasteiger partial charge in [-0.15, -0.1) is 0 Å². The Morgan fingerprint density at radius 1 is 0.522 bits per heavy atom. The molecule has 46 heavy (non-hydrogen) atoms. The van der Waals surface area contributed by atoms with Gasteiger partial charge in [-0.25, -0.2) is 0 Å². The third-order valence-corrected chi connectivity index (χ3v) is 9.30. The van der Waals surface area contributed by atoms with Crippen LogP contribution in [-0.2, 0) is 9.53 Å². The van der Waals surface area contributed by atoms with Gasteiger partial charge in [0.05, 0.1) is 32.0 Å². The van der Waals surface area contributed by atoms with E-state index >= 15 is 0 Å². The molecule has 8 heteroatoms. The van der Waals surface area contributed by atoms with Crippen molar-refractivity contribution in [3.63, 3.8) is 0 Å². The summed E-state index contributed by atoms with van der Waals surface area (Å²) in [5.41, 5.74) is 0. The van der Waals surface area contributed by atoms with Gasteiger partial charge in [-0.3, -0.25) is 4.79 Å². The van der Waals surface area contributed by atoms with E-state index in [1.54, 1.807) is 6.92 Å². The van der Waals surface area contributed by atoms with Gasteiger partial charge in [0.15, 0.2) is 0 Å². The lowest BCUT2D eigenvalue weighted by Crippen LogP contribution is -2.51. The standard InChI is InChI=1S/C38H77NO7/c1-3-5-6-7-8-9-10-11-12-13-14-15-16-17-18-19-20-21-22-23-24-25-26-27-28-29-37(44)39-33(38(45)34(41)4-2)31-46-32-36(43)35(42)30-40/h33-36,38,40-43,45H,3-32H2,1-2H3,(H,39,44)/t33-,34+,35-,36-,38-/m0/s1. The second-order valence-electron chi connectivity index (χ2n) is 13.7. The van der Waals surface area contributed by atoms with Crippen molar-refractivity contribution in [2.45, 2.75) is 218 Å². The van der Waals surface area contributed by atoms with Crippen LogP contribution in [0.15, 0.2) is 0 Å². The van der Waals surface area contributed by atoms with E-state index in [2.05, 4.69) is 12.2 Å². The van der Waals surface area contributed by atoms with Crippen molar-refractivity contribution in [2.24, 2.45) is 0 Å². The normalized spacial score (nSPS) is 15.0. The number of carbonyl (C=O) groups excluding carboxylic acids is 1. The highest BCUT2D eigenvalue weighted by Crippen LogP contribution is 2.16. The molecule has 0 rings (SSSR count). The number of amides is 1. The van der Waals surface area contributed by atoms with Gasteiger partial charge >= 0.3 is 0 Å². The zero-order chi connectivity index (χ0) is 34.1. The second kappa shape index (κ2) is 34.1. The van der Waals surface area contributed by atoms with Gasteiger partial charge in [0, 0.05) is 6.42 Å². The van der Waals surface area contributed by atoms with Crippen molar-refractivity contribution in [3.05, 3.63) is 0 Å². The van der Waals surface area contributed by atoms with Crippen molar-refractivity contribution in [3.8, 4) is 0 Å². The molecule has 0 aromatic rings. The number of aliphatic hydroxyl groups is 5. The molecule has 276 valence electrons. The lowest BCUT2D eigenvalue weighted by molar-refractivity contribution is -0.125. The summed E-state index contributed by atoms with van der Waals surface area (Å²) in [7, 11) is 0. The van der Waals surface area contributed by atoms with Crippen LogP contribution < -0.4 is 5.32 Å². The zero-order valence-corrected chi connectivity index (χ0v) is 30.2. The number of carbonyl (C=O) groups is 1. The molecule has 0 aliphatic heterocycles. The fourth-order valence-electron chi connectivity index (χ4n) is 5.99. The first-order valence-corrected chi connectivity index (χ1v) is 19.6. The summed E-state index contributed by atoms with van der Waals surface area (Å²) in [5.74, 6) is -0.207. The number of unbranched alkanes of at least 4 members (excludes halogenated alkanes) is 24. The largest absolute Gasteiger partial charge is 0.394 e. The highest BCUT2D eigenvalue weighted by Gasteiger charge is 2.27. The molecule has 0 spiro atoms. The Morgan fingerprint density at radius 2 is 0.891 bits per heavy atom. The molecule has 0 heterocycles. The summed E-state index contributed by atoms with van der Waals surface area (Å²) in [6.45, 7) is 3.03. The van der Waals surface area contributed by atoms with Crippen LogP contribution >= 0.6 is 0 Å². The molecule has 0 saturated heterocycles. The molecular weight excluding hydrogens is 582 g/mol. The Hall–Kier alpha value is -0.770. The van der Waals surface area contributed by atoms with Gasteiger partial charge in [-0.2, -0.15) is 0 Å². The fraction of sp³-hybridized carbons (Fsp3) is 0.974. The van der Waals surface area contributed by atoms with Gasteiger partial charge < -0.3 is 35.6 Å². The zero-order valence-electron chi connectivity index (χ0n) is 30.2. The summed E-state index contributed by atoms with van der Waals surface area (Å²) < 4.78 is 5.35. The first-order valence-electron chi connectivity index (χ1n) is 19.6. The first kappa shape index (κ1) is 45.2. The summed E-state index contributed by atoms with van der Waals surface area (Å²) in [5, 5.41) is 51.3. The molecule has 0 aromatic carbocycles. The molecule has 5 atom stereocenters. The molecule has 0 aromatic heterocycles. The smallest absolute Gasteiger partial charge is 0.220 e. The highest BCUT2D eigenvalue weighted by atomic mass is 16.5. The number of ether oxygens (including phenoxy) is 1. The van der Waals surface area contributed by atoms with E-state index in [4.69, 9.17) is 9.84 Å². The molecule has 0 aliphatic carbocycles. The minimum Gasteiger partial charge on any atom is -0.394 e. The second-order valence-corrected chi connectivity index (χ2v) is 13.7. The van der Waals surface area contributed by atoms with E-state index in [-0.39, 0.29) is 19.1 Å². The van der Waals surface area contributed by atoms with Gasteiger partial charge in [0.1, 0.15) is 18.3 Å². The predicted octanol–water partition coefficient (Wildman–Crippen LogP) is 7.50. The topological polar surface area (TPSA) is 139 Å². The van der Waals surface area contributed by atoms with Crippen LogP contribution in [0.25, 0.3) is 0 Å². The van der Waals surface area contributed by atoms with Gasteiger partial charge in [0.2, 0.25) is 5.91 Å². The van der Waals surface area contributed by atoms with Crippen LogP contribution in [0.1, 0.15) is 187 Å². The summed E-state index contributed by atoms with van der Waals surface area (Å²) >= 11 is 0. The molecular formula is C38H77NO7. The Kier molecular flexibility index (Phi) is 33.5. The van der Waals surface area contributed by atoms with Crippen LogP contribution in [0.3, 0.4) is 0 Å². The average Bonchev–Trinajstić information content (AvgIpc) is 3.06. The van der Waals surface area contributed by atoms with Crippen molar-refractivity contribution in [2.75, 3.05) is 19.8 Å². The Balaban J connectivity index is 3.62. The lowest BCUT2D eigenvalue weighted by atomic mass is 10.0. The van der Waals surface area contributed by atoms with Crippen LogP contribution in [0, 0.1) is 0 Å². The molecule has 8 nitrogen and oxygen atoms in total. The molecule has 0 radical (unpaired) electrons. The Morgan fingerprint density at radius 3 is 1.24 bits per heavy atom. The number of rotatable bonds is 36. The SMILES string of the molecule is CCCCCCCCCCCCCCCCCCCCCCCCCCCC(=O)N[C@@H](COC[C@H](O)[C@@H](O)CO)[C@H](O)[C@H](O)CC. The van der Waals surface area contributed by atoms with E-state index in [0.29, 0.717) is 12.8 Å². The van der Waals surface area contributed by atoms with Crippen molar-refractivity contribution >= 4 is 5.91 Å². The van der Waals surface area contributed by atoms with Crippen molar-refractivity contribution < 1.29 is 35.1 Å². The van der Waals surface area contributed by atoms with Crippen molar-refractivity contribution in [1.29, 1.82) is 0 Å². The van der Waals surface area contributed by atoms with E-state index < -0.39 is 37.1 Å². The van der Waals surface area contributed by atoms with Crippen LogP contribution in [-0.4, -0.2) is 81.7 Å². The average molecular weight is 660 g/mol. The van der Waals surface area contributed by atoms with Crippen LogP contribution in [0.2, 0.25) is 0 Å². The molecule has 0 bridgehead atoms. The maximum atomic E-state index is 12.5. The van der Waals surface area contributed by atoms with Gasteiger partial charge in [-0.1, -0.05) is 168 Å². The third-order valence-electron chi connectivity index (χ3n) is 9.30. The number of aliphatic hydroxyl groups excluding tert-OH is 5. The third kappa shape index (κ3) is 28.3. The monoisotopic (exact) mass is 660 g/mol. The summed E-state index contributed by atoms with van der Waals surface area (Å²) in [6.07, 6.45) is 29.2. The summed E-state index contributed by atoms with van der Waals surface area (Å²) in [6, 6.07) is -0.833. The van der Waals surface area contributed by atoms with Gasteiger partial charge in [-0.05, 0) is 12.8 Å². The molecule has 0 aliphatic rings. The quantitative estimate of drug-likeness (QED) is 0.0383. The Labute approximate surface area is 283 Å². The van der Waals surface area contributed by atoms with E-state index in [1.807, 2.05) is 0 Å². The molecule has 0 fully saturated rings. The molecule has 6 N–H and O–H groups in total. The molecule has 0 unspecified atom stereocenters. The Bertz CT molecular complexity index is 638. The van der Waals surface area contributed by atoms with Crippen molar-refractivity contribution in [1.82, 2.24) is 5.32 Å². The highest BCUT2D eigenvalue weighted by molar-refractivity contribution is 5.76. The predicted molar refractivity (Wildman–Crippen MR) is 190 cm³/mol. The van der Waals surface area contributed by atoms with Crippen LogP contribution in [0.5, 0.6) is 0 Å². The maximum Gasteiger partial charge on any atom is 0.220 e. The van der Waals surface area contributed by atoms with E-state index in [0.717, 1.165) is 19.3 Å². The number of hydrogen-bond acceptors (Lipinski definition) is 7. The number of hydrogen-bond donors (Lipinski definition) is 6. The van der Waals surface area contributed by atoms with Gasteiger partial charge in [0.25, 0.3) is 0 Å². The maximum absolute atomic E-state index is 12.5. The summed E-state index contributed by atoms with van der Waals surface area (Å²) in [4.78, 5) is 12.5. The fourth-order valence-corrected chi connectivity index (χ4v) is 5.99. The number of nitrogens with one attached hydrogen (secondary N) is 1.